The molecule has 2 heteroatoms. The molecule has 0 aromatic carbocycles. The molecular weight excluding hydrogens is 178 g/mol. The van der Waals surface area contributed by atoms with Gasteiger partial charge in [-0.1, -0.05) is 30.7 Å². The fraction of sp³-hybridized carbons (Fsp3) is 0.364. The molecule has 1 unspecified atom stereocenters. The average Bonchev–Trinajstić information content (AvgIpc) is 2.70. The van der Waals surface area contributed by atoms with Crippen LogP contribution in [0, 0.1) is 0 Å². The van der Waals surface area contributed by atoms with E-state index in [4.69, 9.17) is 0 Å². The number of rotatable bonds is 2. The highest BCUT2D eigenvalue weighted by atomic mass is 32.1. The van der Waals surface area contributed by atoms with E-state index < -0.39 is 0 Å². The van der Waals surface area contributed by atoms with E-state index in [1.165, 1.54) is 10.6 Å². The molecule has 1 aliphatic rings. The summed E-state index contributed by atoms with van der Waals surface area (Å²) < 4.78 is 0. The molecule has 0 spiro atoms. The van der Waals surface area contributed by atoms with Crippen LogP contribution in [0.25, 0.3) is 0 Å². The lowest BCUT2D eigenvalue weighted by Gasteiger charge is -2.17. The van der Waals surface area contributed by atoms with Crippen molar-refractivity contribution in [1.29, 1.82) is 0 Å². The van der Waals surface area contributed by atoms with E-state index in [0.717, 1.165) is 12.8 Å². The third kappa shape index (κ3) is 1.73. The number of nitrogens with zero attached hydrogens (tertiary/aromatic N) is 1. The topological polar surface area (TPSA) is 12.9 Å². The molecule has 0 amide bonds. The second kappa shape index (κ2) is 3.88. The summed E-state index contributed by atoms with van der Waals surface area (Å²) in [4.78, 5) is 4.38. The van der Waals surface area contributed by atoms with Crippen molar-refractivity contribution in [3.63, 3.8) is 0 Å². The summed E-state index contributed by atoms with van der Waals surface area (Å²) in [5.74, 6) is 0.551. The molecule has 1 aliphatic carbocycles. The van der Waals surface area contributed by atoms with Crippen LogP contribution in [-0.4, -0.2) is 4.98 Å². The summed E-state index contributed by atoms with van der Waals surface area (Å²) in [6, 6.07) is 0. The zero-order valence-corrected chi connectivity index (χ0v) is 8.55. The Kier molecular flexibility index (Phi) is 2.60. The largest absolute Gasteiger partial charge is 0.249 e. The normalized spacial score (nSPS) is 21.6. The van der Waals surface area contributed by atoms with Gasteiger partial charge in [-0.05, 0) is 12.8 Å². The highest BCUT2D eigenvalue weighted by Crippen LogP contribution is 2.33. The molecule has 1 atom stereocenters. The van der Waals surface area contributed by atoms with Gasteiger partial charge in [-0.3, -0.25) is 0 Å². The van der Waals surface area contributed by atoms with Gasteiger partial charge in [0.25, 0.3) is 0 Å². The van der Waals surface area contributed by atoms with Gasteiger partial charge in [-0.15, -0.1) is 11.3 Å². The van der Waals surface area contributed by atoms with E-state index >= 15 is 0 Å². The monoisotopic (exact) mass is 191 g/mol. The lowest BCUT2D eigenvalue weighted by atomic mass is 9.90. The molecule has 0 saturated carbocycles. The van der Waals surface area contributed by atoms with Gasteiger partial charge in [0.05, 0.1) is 5.01 Å². The quantitative estimate of drug-likeness (QED) is 0.697. The van der Waals surface area contributed by atoms with E-state index in [1.807, 2.05) is 6.20 Å². The molecule has 1 aromatic rings. The van der Waals surface area contributed by atoms with Gasteiger partial charge in [0.1, 0.15) is 0 Å². The van der Waals surface area contributed by atoms with Crippen LogP contribution in [0.1, 0.15) is 30.7 Å². The van der Waals surface area contributed by atoms with E-state index in [-0.39, 0.29) is 0 Å². The van der Waals surface area contributed by atoms with Crippen LogP contribution in [0.15, 0.2) is 35.4 Å². The van der Waals surface area contributed by atoms with Gasteiger partial charge < -0.3 is 0 Å². The van der Waals surface area contributed by atoms with Gasteiger partial charge >= 0.3 is 0 Å². The Balaban J connectivity index is 2.25. The minimum absolute atomic E-state index is 0.551. The molecule has 0 bridgehead atoms. The van der Waals surface area contributed by atoms with Crippen LogP contribution in [0.3, 0.4) is 0 Å². The van der Waals surface area contributed by atoms with Crippen LogP contribution >= 0.6 is 11.3 Å². The average molecular weight is 191 g/mol. The second-order valence-corrected chi connectivity index (χ2v) is 4.11. The van der Waals surface area contributed by atoms with Gasteiger partial charge in [-0.2, -0.15) is 0 Å². The molecule has 0 aliphatic heterocycles. The van der Waals surface area contributed by atoms with Crippen LogP contribution in [0.5, 0.6) is 0 Å². The van der Waals surface area contributed by atoms with E-state index in [0.29, 0.717) is 5.92 Å². The minimum Gasteiger partial charge on any atom is -0.249 e. The van der Waals surface area contributed by atoms with Crippen LogP contribution in [0.2, 0.25) is 0 Å². The number of thiazole rings is 1. The Hall–Kier alpha value is -0.890. The molecule has 13 heavy (non-hydrogen) atoms. The summed E-state index contributed by atoms with van der Waals surface area (Å²) in [5.41, 5.74) is 1.51. The van der Waals surface area contributed by atoms with Crippen LogP contribution in [0.4, 0.5) is 0 Å². The maximum atomic E-state index is 4.38. The van der Waals surface area contributed by atoms with Crippen molar-refractivity contribution in [3.05, 3.63) is 40.4 Å². The summed E-state index contributed by atoms with van der Waals surface area (Å²) in [6.07, 6.45) is 10.8. The molecule has 68 valence electrons. The van der Waals surface area contributed by atoms with E-state index in [2.05, 4.69) is 35.5 Å². The fourth-order valence-electron chi connectivity index (χ4n) is 1.70. The molecule has 2 rings (SSSR count). The number of hydrogen-bond donors (Lipinski definition) is 0. The predicted octanol–water partition coefficient (Wildman–Crippen LogP) is 3.52. The molecular formula is C11H13NS. The van der Waals surface area contributed by atoms with Crippen molar-refractivity contribution in [2.45, 2.75) is 25.7 Å². The van der Waals surface area contributed by atoms with Gasteiger partial charge in [0, 0.05) is 17.5 Å². The van der Waals surface area contributed by atoms with E-state index in [1.54, 1.807) is 11.3 Å². The lowest BCUT2D eigenvalue weighted by Crippen LogP contribution is -2.03. The second-order valence-electron chi connectivity index (χ2n) is 3.18. The zero-order chi connectivity index (χ0) is 9.10. The summed E-state index contributed by atoms with van der Waals surface area (Å²) in [7, 11) is 0. The molecule has 1 nitrogen and oxygen atoms in total. The predicted molar refractivity (Wildman–Crippen MR) is 57.0 cm³/mol. The maximum absolute atomic E-state index is 4.38. The highest BCUT2D eigenvalue weighted by molar-refractivity contribution is 7.09. The first-order chi connectivity index (χ1) is 6.42. The summed E-state index contributed by atoms with van der Waals surface area (Å²) in [5, 5.41) is 3.32. The first-order valence-corrected chi connectivity index (χ1v) is 5.54. The van der Waals surface area contributed by atoms with Crippen LogP contribution < -0.4 is 0 Å². The smallest absolute Gasteiger partial charge is 0.0999 e. The highest BCUT2D eigenvalue weighted by Gasteiger charge is 2.17. The first kappa shape index (κ1) is 8.70. The molecule has 0 N–H and O–H groups in total. The van der Waals surface area contributed by atoms with Crippen molar-refractivity contribution in [1.82, 2.24) is 4.98 Å². The van der Waals surface area contributed by atoms with E-state index in [9.17, 15) is 0 Å². The van der Waals surface area contributed by atoms with Crippen molar-refractivity contribution < 1.29 is 0 Å². The zero-order valence-electron chi connectivity index (χ0n) is 7.73. The SMILES string of the molecule is CCC1=CC=CCC1c1nccs1. The molecule has 0 radical (unpaired) electrons. The third-order valence-corrected chi connectivity index (χ3v) is 3.31. The van der Waals surface area contributed by atoms with Gasteiger partial charge in [-0.25, -0.2) is 4.98 Å². The Labute approximate surface area is 82.8 Å². The molecule has 0 fully saturated rings. The maximum Gasteiger partial charge on any atom is 0.0999 e. The van der Waals surface area contributed by atoms with Gasteiger partial charge in [0.2, 0.25) is 0 Å². The Morgan fingerprint density at radius 3 is 3.23 bits per heavy atom. The summed E-state index contributed by atoms with van der Waals surface area (Å²) >= 11 is 1.76. The van der Waals surface area contributed by atoms with Gasteiger partial charge in [0.15, 0.2) is 0 Å². The molecule has 0 saturated heterocycles. The standard InChI is InChI=1S/C11H13NS/c1-2-9-5-3-4-6-10(9)11-12-7-8-13-11/h3-5,7-8,10H,2,6H2,1H3. The Bertz CT molecular complexity index is 322. The van der Waals surface area contributed by atoms with Crippen molar-refractivity contribution in [2.75, 3.05) is 0 Å². The number of hydrogen-bond acceptors (Lipinski definition) is 2. The third-order valence-electron chi connectivity index (χ3n) is 2.42. The Morgan fingerprint density at radius 2 is 2.54 bits per heavy atom. The fourth-order valence-corrected chi connectivity index (χ4v) is 2.50. The van der Waals surface area contributed by atoms with Crippen molar-refractivity contribution in [2.24, 2.45) is 0 Å². The number of aromatic nitrogens is 1. The summed E-state index contributed by atoms with van der Waals surface area (Å²) in [6.45, 7) is 2.21. The van der Waals surface area contributed by atoms with Crippen LogP contribution in [-0.2, 0) is 0 Å². The lowest BCUT2D eigenvalue weighted by molar-refractivity contribution is 0.754. The van der Waals surface area contributed by atoms with Crippen molar-refractivity contribution in [3.8, 4) is 0 Å². The Morgan fingerprint density at radius 1 is 1.62 bits per heavy atom. The first-order valence-electron chi connectivity index (χ1n) is 4.66. The van der Waals surface area contributed by atoms with Crippen molar-refractivity contribution >= 4 is 11.3 Å². The minimum atomic E-state index is 0.551. The molecule has 1 heterocycles. The number of allylic oxidation sites excluding steroid dienone is 4. The molecule has 1 aromatic heterocycles.